The number of ether oxygens (including phenoxy) is 1. The third kappa shape index (κ3) is 2.21. The molecule has 1 aromatic heterocycles. The van der Waals surface area contributed by atoms with Crippen LogP contribution < -0.4 is 5.32 Å². The molecule has 0 aliphatic carbocycles. The van der Waals surface area contributed by atoms with Gasteiger partial charge in [-0.3, -0.25) is 0 Å². The Labute approximate surface area is 106 Å². The minimum absolute atomic E-state index is 0.0756. The second kappa shape index (κ2) is 5.00. The van der Waals surface area contributed by atoms with Gasteiger partial charge in [-0.25, -0.2) is 9.97 Å². The Hall–Kier alpha value is -1.52. The average Bonchev–Trinajstić information content (AvgIpc) is 2.66. The van der Waals surface area contributed by atoms with Gasteiger partial charge in [0.2, 0.25) is 0 Å². The Bertz CT molecular complexity index is 548. The van der Waals surface area contributed by atoms with Gasteiger partial charge in [0.05, 0.1) is 17.8 Å². The molecule has 1 atom stereocenters. The van der Waals surface area contributed by atoms with Gasteiger partial charge in [0.1, 0.15) is 11.9 Å². The van der Waals surface area contributed by atoms with E-state index in [0.717, 1.165) is 48.5 Å². The number of benzene rings is 1. The molecule has 1 aliphatic rings. The minimum atomic E-state index is 0.0756. The smallest absolute Gasteiger partial charge is 0.126 e. The van der Waals surface area contributed by atoms with E-state index in [9.17, 15) is 0 Å². The fourth-order valence-corrected chi connectivity index (χ4v) is 2.40. The van der Waals surface area contributed by atoms with Crippen molar-refractivity contribution in [3.8, 4) is 0 Å². The van der Waals surface area contributed by atoms with Crippen molar-refractivity contribution in [3.05, 3.63) is 35.8 Å². The fraction of sp³-hybridized carbons (Fsp3) is 0.429. The number of aryl methyl sites for hydroxylation is 1. The van der Waals surface area contributed by atoms with Crippen molar-refractivity contribution in [2.45, 2.75) is 19.4 Å². The lowest BCUT2D eigenvalue weighted by atomic mass is 10.1. The van der Waals surface area contributed by atoms with Crippen LogP contribution in [0.5, 0.6) is 0 Å². The van der Waals surface area contributed by atoms with E-state index in [1.54, 1.807) is 0 Å². The first kappa shape index (κ1) is 11.6. The highest BCUT2D eigenvalue weighted by Crippen LogP contribution is 2.27. The van der Waals surface area contributed by atoms with Crippen LogP contribution in [0.4, 0.5) is 0 Å². The Morgan fingerprint density at radius 3 is 3.06 bits per heavy atom. The van der Waals surface area contributed by atoms with Gasteiger partial charge >= 0.3 is 0 Å². The van der Waals surface area contributed by atoms with Crippen LogP contribution in [0.3, 0.4) is 0 Å². The summed E-state index contributed by atoms with van der Waals surface area (Å²) in [6, 6.07) is 8.14. The first-order chi connectivity index (χ1) is 8.84. The normalized spacial score (nSPS) is 20.8. The van der Waals surface area contributed by atoms with Gasteiger partial charge in [0.15, 0.2) is 0 Å². The molecule has 18 heavy (non-hydrogen) atoms. The van der Waals surface area contributed by atoms with Gasteiger partial charge < -0.3 is 10.1 Å². The van der Waals surface area contributed by atoms with Gasteiger partial charge in [0, 0.05) is 11.9 Å². The summed E-state index contributed by atoms with van der Waals surface area (Å²) in [5, 5.41) is 4.45. The van der Waals surface area contributed by atoms with E-state index in [-0.39, 0.29) is 6.10 Å². The quantitative estimate of drug-likeness (QED) is 0.832. The van der Waals surface area contributed by atoms with Gasteiger partial charge in [-0.1, -0.05) is 18.2 Å². The predicted octanol–water partition coefficient (Wildman–Crippen LogP) is 1.99. The molecular weight excluding hydrogens is 226 g/mol. The molecule has 94 valence electrons. The highest BCUT2D eigenvalue weighted by atomic mass is 16.5. The second-order valence-corrected chi connectivity index (χ2v) is 4.57. The number of aromatic nitrogens is 2. The van der Waals surface area contributed by atoms with E-state index in [0.29, 0.717) is 0 Å². The zero-order valence-electron chi connectivity index (χ0n) is 10.5. The molecule has 1 N–H and O–H groups in total. The summed E-state index contributed by atoms with van der Waals surface area (Å²) >= 11 is 0. The van der Waals surface area contributed by atoms with E-state index in [4.69, 9.17) is 4.74 Å². The molecule has 1 saturated heterocycles. The fourth-order valence-electron chi connectivity index (χ4n) is 2.40. The maximum absolute atomic E-state index is 5.90. The predicted molar refractivity (Wildman–Crippen MR) is 70.5 cm³/mol. The average molecular weight is 243 g/mol. The van der Waals surface area contributed by atoms with Crippen LogP contribution in [-0.4, -0.2) is 29.7 Å². The molecule has 2 heterocycles. The van der Waals surface area contributed by atoms with Crippen LogP contribution in [0.1, 0.15) is 24.0 Å². The number of hydrogen-bond acceptors (Lipinski definition) is 4. The molecule has 2 aromatic rings. The summed E-state index contributed by atoms with van der Waals surface area (Å²) < 4.78 is 5.90. The summed E-state index contributed by atoms with van der Waals surface area (Å²) in [5.41, 5.74) is 2.03. The molecule has 0 spiro atoms. The highest BCUT2D eigenvalue weighted by Gasteiger charge is 2.19. The first-order valence-electron chi connectivity index (χ1n) is 6.40. The third-order valence-corrected chi connectivity index (χ3v) is 3.23. The Morgan fingerprint density at radius 2 is 2.11 bits per heavy atom. The van der Waals surface area contributed by atoms with Crippen LogP contribution in [0.15, 0.2) is 24.3 Å². The Kier molecular flexibility index (Phi) is 3.21. The number of para-hydroxylation sites is 1. The largest absolute Gasteiger partial charge is 0.371 e. The van der Waals surface area contributed by atoms with E-state index >= 15 is 0 Å². The zero-order chi connectivity index (χ0) is 12.4. The summed E-state index contributed by atoms with van der Waals surface area (Å²) in [5.74, 6) is 0.810. The van der Waals surface area contributed by atoms with E-state index in [2.05, 4.69) is 21.4 Å². The summed E-state index contributed by atoms with van der Waals surface area (Å²) in [6.07, 6.45) is 1.03. The number of rotatable bonds is 1. The summed E-state index contributed by atoms with van der Waals surface area (Å²) in [7, 11) is 0. The van der Waals surface area contributed by atoms with Gasteiger partial charge in [-0.15, -0.1) is 0 Å². The highest BCUT2D eigenvalue weighted by molar-refractivity contribution is 5.81. The van der Waals surface area contributed by atoms with Crippen LogP contribution in [-0.2, 0) is 4.74 Å². The monoisotopic (exact) mass is 243 g/mol. The van der Waals surface area contributed by atoms with Crippen molar-refractivity contribution >= 4 is 10.9 Å². The van der Waals surface area contributed by atoms with Crippen molar-refractivity contribution in [1.82, 2.24) is 15.3 Å². The number of nitrogens with one attached hydrogen (secondary N) is 1. The summed E-state index contributed by atoms with van der Waals surface area (Å²) in [6.45, 7) is 4.56. The lowest BCUT2D eigenvalue weighted by Gasteiger charge is -2.16. The molecule has 0 amide bonds. The molecule has 1 fully saturated rings. The third-order valence-electron chi connectivity index (χ3n) is 3.23. The Balaban J connectivity index is 2.08. The van der Waals surface area contributed by atoms with Crippen molar-refractivity contribution < 1.29 is 4.74 Å². The van der Waals surface area contributed by atoms with Crippen LogP contribution >= 0.6 is 0 Å². The Morgan fingerprint density at radius 1 is 1.22 bits per heavy atom. The first-order valence-corrected chi connectivity index (χ1v) is 6.40. The van der Waals surface area contributed by atoms with E-state index in [1.165, 1.54) is 0 Å². The maximum atomic E-state index is 5.90. The number of fused-ring (bicyclic) bond motifs is 1. The molecular formula is C14H17N3O. The zero-order valence-corrected chi connectivity index (χ0v) is 10.5. The number of hydrogen-bond donors (Lipinski definition) is 1. The van der Waals surface area contributed by atoms with Crippen molar-refractivity contribution in [2.75, 3.05) is 19.7 Å². The molecule has 4 nitrogen and oxygen atoms in total. The minimum Gasteiger partial charge on any atom is -0.371 e. The van der Waals surface area contributed by atoms with Crippen LogP contribution in [0.2, 0.25) is 0 Å². The molecule has 4 heteroatoms. The van der Waals surface area contributed by atoms with Gasteiger partial charge in [0.25, 0.3) is 0 Å². The van der Waals surface area contributed by atoms with Crippen molar-refractivity contribution in [1.29, 1.82) is 0 Å². The lowest BCUT2D eigenvalue weighted by molar-refractivity contribution is 0.0623. The van der Waals surface area contributed by atoms with Crippen molar-refractivity contribution in [3.63, 3.8) is 0 Å². The van der Waals surface area contributed by atoms with Crippen LogP contribution in [0.25, 0.3) is 10.9 Å². The number of nitrogens with zero attached hydrogens (tertiary/aromatic N) is 2. The maximum Gasteiger partial charge on any atom is 0.126 e. The topological polar surface area (TPSA) is 47.0 Å². The summed E-state index contributed by atoms with van der Waals surface area (Å²) in [4.78, 5) is 9.08. The molecule has 1 aromatic carbocycles. The molecule has 1 aliphatic heterocycles. The lowest BCUT2D eigenvalue weighted by Crippen LogP contribution is -2.16. The molecule has 1 unspecified atom stereocenters. The molecule has 0 radical (unpaired) electrons. The molecule has 0 saturated carbocycles. The SMILES string of the molecule is Cc1nc(C2CCNCCO2)c2ccccc2n1. The van der Waals surface area contributed by atoms with Gasteiger partial charge in [-0.2, -0.15) is 0 Å². The standard InChI is InChI=1S/C14H17N3O/c1-10-16-12-5-3-2-4-11(12)14(17-10)13-6-7-15-8-9-18-13/h2-5,13,15H,6-9H2,1H3. The van der Waals surface area contributed by atoms with Crippen molar-refractivity contribution in [2.24, 2.45) is 0 Å². The molecule has 0 bridgehead atoms. The van der Waals surface area contributed by atoms with E-state index in [1.807, 2.05) is 25.1 Å². The van der Waals surface area contributed by atoms with E-state index < -0.39 is 0 Å². The van der Waals surface area contributed by atoms with Crippen LogP contribution in [0, 0.1) is 6.92 Å². The molecule has 3 rings (SSSR count). The second-order valence-electron chi connectivity index (χ2n) is 4.57. The van der Waals surface area contributed by atoms with Gasteiger partial charge in [-0.05, 0) is 26.0 Å².